The highest BCUT2D eigenvalue weighted by atomic mass is 16.5. The molecule has 0 saturated carbocycles. The highest BCUT2D eigenvalue weighted by Crippen LogP contribution is 2.37. The number of likely N-dealkylation sites (tertiary alicyclic amines) is 1. The summed E-state index contributed by atoms with van der Waals surface area (Å²) in [6, 6.07) is 16.8. The fourth-order valence-corrected chi connectivity index (χ4v) is 6.98. The molecule has 11 heteroatoms. The molecule has 1 unspecified atom stereocenters. The van der Waals surface area contributed by atoms with Crippen molar-refractivity contribution >= 4 is 17.8 Å². The number of nitrogens with zero attached hydrogens (tertiary/aromatic N) is 1. The van der Waals surface area contributed by atoms with Crippen molar-refractivity contribution in [3.63, 3.8) is 0 Å². The van der Waals surface area contributed by atoms with Gasteiger partial charge < -0.3 is 38.6 Å². The molecule has 3 aromatic carbocycles. The van der Waals surface area contributed by atoms with Gasteiger partial charge in [-0.05, 0) is 118 Å². The lowest BCUT2D eigenvalue weighted by Crippen LogP contribution is -2.50. The molecule has 0 radical (unpaired) electrons. The van der Waals surface area contributed by atoms with Crippen LogP contribution in [0.15, 0.2) is 54.6 Å². The van der Waals surface area contributed by atoms with Crippen LogP contribution >= 0.6 is 0 Å². The zero-order valence-corrected chi connectivity index (χ0v) is 33.7. The van der Waals surface area contributed by atoms with Gasteiger partial charge >= 0.3 is 5.97 Å². The van der Waals surface area contributed by atoms with Gasteiger partial charge in [0.15, 0.2) is 18.1 Å². The zero-order valence-electron chi connectivity index (χ0n) is 33.7. The van der Waals surface area contributed by atoms with E-state index in [-0.39, 0.29) is 18.4 Å². The van der Waals surface area contributed by atoms with Gasteiger partial charge in [0.1, 0.15) is 17.9 Å². The summed E-state index contributed by atoms with van der Waals surface area (Å²) in [5.74, 6) is 0.415. The summed E-state index contributed by atoms with van der Waals surface area (Å²) < 4.78 is 34.1. The number of hydrogen-bond donors (Lipinski definition) is 1. The van der Waals surface area contributed by atoms with Crippen LogP contribution in [0.3, 0.4) is 0 Å². The molecule has 3 aromatic rings. The van der Waals surface area contributed by atoms with Crippen LogP contribution in [0.25, 0.3) is 0 Å². The molecule has 0 bridgehead atoms. The van der Waals surface area contributed by atoms with Gasteiger partial charge in [-0.1, -0.05) is 43.3 Å². The summed E-state index contributed by atoms with van der Waals surface area (Å²) in [4.78, 5) is 42.8. The molecule has 1 aliphatic heterocycles. The van der Waals surface area contributed by atoms with Crippen LogP contribution < -0.4 is 19.5 Å². The topological polar surface area (TPSA) is 122 Å². The Morgan fingerprint density at radius 2 is 1.65 bits per heavy atom. The number of esters is 1. The van der Waals surface area contributed by atoms with Crippen molar-refractivity contribution in [2.45, 2.75) is 91.2 Å². The molecule has 0 spiro atoms. The van der Waals surface area contributed by atoms with E-state index in [9.17, 15) is 14.4 Å². The van der Waals surface area contributed by atoms with Crippen LogP contribution in [0.2, 0.25) is 0 Å². The first-order chi connectivity index (χ1) is 26.6. The average molecular weight is 761 g/mol. The molecular formula is C44H60N2O9. The number of methoxy groups -OCH3 is 2. The third kappa shape index (κ3) is 12.4. The molecule has 1 saturated heterocycles. The Labute approximate surface area is 327 Å². The van der Waals surface area contributed by atoms with Crippen molar-refractivity contribution in [2.24, 2.45) is 0 Å². The van der Waals surface area contributed by atoms with Crippen molar-refractivity contribution in [2.75, 3.05) is 60.3 Å². The van der Waals surface area contributed by atoms with Crippen molar-refractivity contribution in [1.82, 2.24) is 10.2 Å². The van der Waals surface area contributed by atoms with E-state index in [0.717, 1.165) is 35.1 Å². The largest absolute Gasteiger partial charge is 0.493 e. The molecule has 4 rings (SSSR count). The van der Waals surface area contributed by atoms with Crippen LogP contribution in [-0.4, -0.2) is 89.1 Å². The second-order valence-corrected chi connectivity index (χ2v) is 14.0. The second-order valence-electron chi connectivity index (χ2n) is 14.0. The number of carbonyl (C=O) groups excluding carboxylic acids is 3. The summed E-state index contributed by atoms with van der Waals surface area (Å²) in [6.45, 7) is 12.7. The number of nitrogens with one attached hydrogen (secondary N) is 1. The van der Waals surface area contributed by atoms with Gasteiger partial charge in [0.05, 0.1) is 40.0 Å². The van der Waals surface area contributed by atoms with E-state index >= 15 is 0 Å². The number of benzene rings is 3. The van der Waals surface area contributed by atoms with Gasteiger partial charge in [-0.15, -0.1) is 0 Å². The fourth-order valence-electron chi connectivity index (χ4n) is 6.98. The van der Waals surface area contributed by atoms with Crippen LogP contribution in [0.5, 0.6) is 17.2 Å². The standard InChI is InChI=1S/C44H60N2O9/c1-8-37(35-26-32(5)42(51-7)40(28-35)50-6)43(48)46-21-11-10-15-38(46)44(49)55-39(19-18-33-17-16-30(3)31(4)25-33)34-13-12-14-36(27-34)54-29-41(47)45-20-22-53-24-23-52-9-2/h12-14,16-17,25-28,37-39H,8-11,15,18-24,29H2,1-7H3,(H,45,47)/t37-,38-,39?/m0/s1. The highest BCUT2D eigenvalue weighted by molar-refractivity contribution is 5.89. The molecule has 0 aliphatic carbocycles. The lowest BCUT2D eigenvalue weighted by molar-refractivity contribution is -0.162. The Bertz CT molecular complexity index is 1710. The number of piperidine rings is 1. The quantitative estimate of drug-likeness (QED) is 0.0907. The molecule has 1 fully saturated rings. The number of ether oxygens (including phenoxy) is 6. The number of rotatable bonds is 21. The van der Waals surface area contributed by atoms with Crippen molar-refractivity contribution in [3.05, 3.63) is 88.0 Å². The summed E-state index contributed by atoms with van der Waals surface area (Å²) in [6.07, 6.45) is 3.26. The van der Waals surface area contributed by atoms with Crippen molar-refractivity contribution in [3.8, 4) is 17.2 Å². The molecule has 55 heavy (non-hydrogen) atoms. The molecule has 3 atom stereocenters. The highest BCUT2D eigenvalue weighted by Gasteiger charge is 2.38. The van der Waals surface area contributed by atoms with Crippen molar-refractivity contribution < 1.29 is 42.8 Å². The van der Waals surface area contributed by atoms with E-state index in [2.05, 4.69) is 37.4 Å². The lowest BCUT2D eigenvalue weighted by Gasteiger charge is -2.37. The maximum absolute atomic E-state index is 14.3. The van der Waals surface area contributed by atoms with E-state index < -0.39 is 24.0 Å². The van der Waals surface area contributed by atoms with E-state index in [1.807, 2.05) is 51.1 Å². The summed E-state index contributed by atoms with van der Waals surface area (Å²) >= 11 is 0. The zero-order chi connectivity index (χ0) is 39.7. The maximum atomic E-state index is 14.3. The first-order valence-electron chi connectivity index (χ1n) is 19.5. The van der Waals surface area contributed by atoms with Gasteiger partial charge in [-0.3, -0.25) is 9.59 Å². The predicted molar refractivity (Wildman–Crippen MR) is 212 cm³/mol. The summed E-state index contributed by atoms with van der Waals surface area (Å²) in [5, 5.41) is 2.80. The third-order valence-electron chi connectivity index (χ3n) is 10.1. The molecule has 1 N–H and O–H groups in total. The number of carbonyl (C=O) groups is 3. The minimum Gasteiger partial charge on any atom is -0.493 e. The molecular weight excluding hydrogens is 700 g/mol. The van der Waals surface area contributed by atoms with E-state index in [4.69, 9.17) is 28.4 Å². The second kappa shape index (κ2) is 22.1. The molecule has 11 nitrogen and oxygen atoms in total. The van der Waals surface area contributed by atoms with Gasteiger partial charge in [0.2, 0.25) is 5.91 Å². The maximum Gasteiger partial charge on any atom is 0.329 e. The fraction of sp³-hybridized carbons (Fsp3) is 0.523. The summed E-state index contributed by atoms with van der Waals surface area (Å²) in [5.41, 5.74) is 5.99. The van der Waals surface area contributed by atoms with Gasteiger partial charge in [-0.25, -0.2) is 4.79 Å². The average Bonchev–Trinajstić information content (AvgIpc) is 3.19. The lowest BCUT2D eigenvalue weighted by atomic mass is 9.91. The Hall–Kier alpha value is -4.61. The number of hydrogen-bond acceptors (Lipinski definition) is 9. The molecule has 0 aromatic heterocycles. The SMILES string of the molecule is CCOCCOCCNC(=O)COc1cccc(C(CCc2ccc(C)c(C)c2)OC(=O)[C@@H]2CCCCN2C(=O)[C@@H](CC)c2cc(C)c(OC)c(OC)c2)c1. The first-order valence-corrected chi connectivity index (χ1v) is 19.5. The molecule has 2 amide bonds. The van der Waals surface area contributed by atoms with E-state index in [1.165, 1.54) is 11.1 Å². The Kier molecular flexibility index (Phi) is 17.3. The number of aryl methyl sites for hydroxylation is 4. The van der Waals surface area contributed by atoms with Crippen LogP contribution in [-0.2, 0) is 35.0 Å². The van der Waals surface area contributed by atoms with Gasteiger partial charge in [0.25, 0.3) is 5.91 Å². The monoisotopic (exact) mass is 760 g/mol. The van der Waals surface area contributed by atoms with E-state index in [0.29, 0.717) is 82.4 Å². The third-order valence-corrected chi connectivity index (χ3v) is 10.1. The van der Waals surface area contributed by atoms with Crippen LogP contribution in [0, 0.1) is 20.8 Å². The van der Waals surface area contributed by atoms with Gasteiger partial charge in [-0.2, -0.15) is 0 Å². The Morgan fingerprint density at radius 3 is 2.38 bits per heavy atom. The predicted octanol–water partition coefficient (Wildman–Crippen LogP) is 6.97. The Morgan fingerprint density at radius 1 is 0.855 bits per heavy atom. The minimum atomic E-state index is -0.716. The smallest absolute Gasteiger partial charge is 0.329 e. The van der Waals surface area contributed by atoms with Crippen LogP contribution in [0.4, 0.5) is 0 Å². The molecule has 300 valence electrons. The first kappa shape index (κ1) is 43.1. The summed E-state index contributed by atoms with van der Waals surface area (Å²) in [7, 11) is 3.18. The van der Waals surface area contributed by atoms with E-state index in [1.54, 1.807) is 25.2 Å². The molecule has 1 aliphatic rings. The normalized spacial score (nSPS) is 15.2. The Balaban J connectivity index is 1.50. The minimum absolute atomic E-state index is 0.104. The van der Waals surface area contributed by atoms with Crippen molar-refractivity contribution in [1.29, 1.82) is 0 Å². The van der Waals surface area contributed by atoms with Crippen LogP contribution in [0.1, 0.15) is 91.4 Å². The number of amides is 2. The van der Waals surface area contributed by atoms with Gasteiger partial charge in [0, 0.05) is 19.7 Å². The molecule has 1 heterocycles.